The summed E-state index contributed by atoms with van der Waals surface area (Å²) in [4.78, 5) is 42.8. The first-order valence-corrected chi connectivity index (χ1v) is 10.4. The fraction of sp³-hybridized carbons (Fsp3) is 0.368. The van der Waals surface area contributed by atoms with Crippen LogP contribution in [0.1, 0.15) is 32.1 Å². The molecular formula is C19H19ClN4O3S. The Balaban J connectivity index is 1.42. The third kappa shape index (κ3) is 3.49. The molecule has 4 rings (SSSR count). The number of benzene rings is 1. The van der Waals surface area contributed by atoms with Crippen molar-refractivity contribution in [1.29, 1.82) is 0 Å². The van der Waals surface area contributed by atoms with Crippen LogP contribution in [0.2, 0.25) is 5.02 Å². The van der Waals surface area contributed by atoms with E-state index in [0.29, 0.717) is 28.7 Å². The molecule has 1 aromatic carbocycles. The van der Waals surface area contributed by atoms with Crippen LogP contribution in [-0.4, -0.2) is 39.8 Å². The molecule has 146 valence electrons. The SMILES string of the molecule is O=C(CN1C(=O)NC2(CCCCC2)C1=O)Nc1nc(-c2ccccc2Cl)cs1. The molecule has 2 aliphatic rings. The maximum Gasteiger partial charge on any atom is 0.325 e. The molecular weight excluding hydrogens is 400 g/mol. The van der Waals surface area contributed by atoms with Gasteiger partial charge >= 0.3 is 6.03 Å². The highest BCUT2D eigenvalue weighted by atomic mass is 35.5. The Morgan fingerprint density at radius 2 is 2.00 bits per heavy atom. The number of hydrogen-bond acceptors (Lipinski definition) is 5. The molecule has 2 N–H and O–H groups in total. The summed E-state index contributed by atoms with van der Waals surface area (Å²) in [5, 5.41) is 8.22. The number of urea groups is 1. The first kappa shape index (κ1) is 18.9. The second-order valence-electron chi connectivity index (χ2n) is 7.03. The summed E-state index contributed by atoms with van der Waals surface area (Å²) in [6, 6.07) is 6.81. The van der Waals surface area contributed by atoms with E-state index in [1.165, 1.54) is 11.3 Å². The molecule has 28 heavy (non-hydrogen) atoms. The molecule has 0 unspecified atom stereocenters. The average Bonchev–Trinajstić information content (AvgIpc) is 3.22. The van der Waals surface area contributed by atoms with E-state index < -0.39 is 17.5 Å². The van der Waals surface area contributed by atoms with Crippen LogP contribution in [-0.2, 0) is 9.59 Å². The third-order valence-electron chi connectivity index (χ3n) is 5.16. The highest BCUT2D eigenvalue weighted by Crippen LogP contribution is 2.34. The normalized spacial score (nSPS) is 18.4. The van der Waals surface area contributed by atoms with Crippen LogP contribution < -0.4 is 10.6 Å². The molecule has 0 radical (unpaired) electrons. The molecule has 2 fully saturated rings. The van der Waals surface area contributed by atoms with Crippen LogP contribution in [0.3, 0.4) is 0 Å². The van der Waals surface area contributed by atoms with Crippen molar-refractivity contribution < 1.29 is 14.4 Å². The summed E-state index contributed by atoms with van der Waals surface area (Å²) in [5.41, 5.74) is 0.602. The number of nitrogens with one attached hydrogen (secondary N) is 2. The summed E-state index contributed by atoms with van der Waals surface area (Å²) >= 11 is 7.44. The smallest absolute Gasteiger partial charge is 0.323 e. The number of amides is 4. The van der Waals surface area contributed by atoms with Crippen LogP contribution in [0.4, 0.5) is 9.93 Å². The van der Waals surface area contributed by atoms with Gasteiger partial charge in [-0.25, -0.2) is 9.78 Å². The largest absolute Gasteiger partial charge is 0.325 e. The number of rotatable bonds is 4. The summed E-state index contributed by atoms with van der Waals surface area (Å²) in [5.74, 6) is -0.764. The molecule has 1 aromatic heterocycles. The Kier molecular flexibility index (Phi) is 5.07. The quantitative estimate of drug-likeness (QED) is 0.741. The lowest BCUT2D eigenvalue weighted by atomic mass is 9.82. The van der Waals surface area contributed by atoms with Crippen molar-refractivity contribution in [3.05, 3.63) is 34.7 Å². The van der Waals surface area contributed by atoms with E-state index in [-0.39, 0.29) is 12.5 Å². The van der Waals surface area contributed by atoms with Gasteiger partial charge in [0.15, 0.2) is 5.13 Å². The second-order valence-corrected chi connectivity index (χ2v) is 8.30. The zero-order chi connectivity index (χ0) is 19.7. The molecule has 7 nitrogen and oxygen atoms in total. The zero-order valence-corrected chi connectivity index (χ0v) is 16.6. The van der Waals surface area contributed by atoms with Gasteiger partial charge in [-0.2, -0.15) is 0 Å². The molecule has 1 aliphatic carbocycles. The number of carbonyl (C=O) groups excluding carboxylic acids is 3. The predicted molar refractivity (Wildman–Crippen MR) is 107 cm³/mol. The first-order valence-electron chi connectivity index (χ1n) is 9.13. The van der Waals surface area contributed by atoms with Gasteiger partial charge < -0.3 is 10.6 Å². The van der Waals surface area contributed by atoms with E-state index in [1.54, 1.807) is 11.4 Å². The molecule has 9 heteroatoms. The van der Waals surface area contributed by atoms with Crippen molar-refractivity contribution in [2.24, 2.45) is 0 Å². The van der Waals surface area contributed by atoms with Gasteiger partial charge in [0, 0.05) is 16.0 Å². The van der Waals surface area contributed by atoms with Crippen molar-refractivity contribution in [3.8, 4) is 11.3 Å². The van der Waals surface area contributed by atoms with E-state index >= 15 is 0 Å². The van der Waals surface area contributed by atoms with E-state index in [2.05, 4.69) is 15.6 Å². The summed E-state index contributed by atoms with van der Waals surface area (Å²) in [6.07, 6.45) is 4.11. The van der Waals surface area contributed by atoms with Gasteiger partial charge in [0.05, 0.1) is 5.69 Å². The monoisotopic (exact) mass is 418 g/mol. The summed E-state index contributed by atoms with van der Waals surface area (Å²) in [7, 11) is 0. The highest BCUT2D eigenvalue weighted by Gasteiger charge is 2.51. The fourth-order valence-corrected chi connectivity index (χ4v) is 4.70. The van der Waals surface area contributed by atoms with E-state index in [9.17, 15) is 14.4 Å². The van der Waals surface area contributed by atoms with Gasteiger partial charge in [-0.3, -0.25) is 14.5 Å². The Bertz CT molecular complexity index is 939. The minimum absolute atomic E-state index is 0.303. The molecule has 2 aromatic rings. The van der Waals surface area contributed by atoms with Crippen molar-refractivity contribution in [2.45, 2.75) is 37.6 Å². The number of carbonyl (C=O) groups is 3. The number of nitrogens with zero attached hydrogens (tertiary/aromatic N) is 2. The predicted octanol–water partition coefficient (Wildman–Crippen LogP) is 3.66. The third-order valence-corrected chi connectivity index (χ3v) is 6.24. The van der Waals surface area contributed by atoms with Gasteiger partial charge in [-0.15, -0.1) is 11.3 Å². The molecule has 1 saturated carbocycles. The molecule has 4 amide bonds. The van der Waals surface area contributed by atoms with Crippen LogP contribution >= 0.6 is 22.9 Å². The first-order chi connectivity index (χ1) is 13.5. The number of halogens is 1. The molecule has 1 spiro atoms. The van der Waals surface area contributed by atoms with Gasteiger partial charge in [0.2, 0.25) is 5.91 Å². The Morgan fingerprint density at radius 3 is 2.75 bits per heavy atom. The van der Waals surface area contributed by atoms with Crippen LogP contribution in [0.25, 0.3) is 11.3 Å². The van der Waals surface area contributed by atoms with Crippen LogP contribution in [0, 0.1) is 0 Å². The highest BCUT2D eigenvalue weighted by molar-refractivity contribution is 7.14. The molecule has 0 atom stereocenters. The topological polar surface area (TPSA) is 91.4 Å². The van der Waals surface area contributed by atoms with Crippen molar-refractivity contribution >= 4 is 45.9 Å². The standard InChI is InChI=1S/C19H19ClN4O3S/c20-13-7-3-2-6-12(13)14-11-28-17(21-14)22-15(25)10-24-16(26)19(23-18(24)27)8-4-1-5-9-19/h2-3,6-7,11H,1,4-5,8-10H2,(H,23,27)(H,21,22,25). The average molecular weight is 419 g/mol. The number of imide groups is 1. The minimum Gasteiger partial charge on any atom is -0.323 e. The van der Waals surface area contributed by atoms with Crippen molar-refractivity contribution in [1.82, 2.24) is 15.2 Å². The number of thiazole rings is 1. The minimum atomic E-state index is -0.825. The number of hydrogen-bond donors (Lipinski definition) is 2. The fourth-order valence-electron chi connectivity index (χ4n) is 3.74. The molecule has 0 bridgehead atoms. The Labute approximate surface area is 171 Å². The molecule has 1 saturated heterocycles. The maximum atomic E-state index is 12.7. The van der Waals surface area contributed by atoms with Crippen LogP contribution in [0.5, 0.6) is 0 Å². The number of aromatic nitrogens is 1. The van der Waals surface area contributed by atoms with Gasteiger partial charge in [-0.05, 0) is 18.9 Å². The van der Waals surface area contributed by atoms with E-state index in [4.69, 9.17) is 11.6 Å². The van der Waals surface area contributed by atoms with Crippen molar-refractivity contribution in [3.63, 3.8) is 0 Å². The Hall–Kier alpha value is -2.45. The molecule has 1 aliphatic heterocycles. The van der Waals surface area contributed by atoms with E-state index in [0.717, 1.165) is 29.7 Å². The molecule has 2 heterocycles. The van der Waals surface area contributed by atoms with Gasteiger partial charge in [0.25, 0.3) is 5.91 Å². The summed E-state index contributed by atoms with van der Waals surface area (Å²) in [6.45, 7) is -0.326. The van der Waals surface area contributed by atoms with Crippen molar-refractivity contribution in [2.75, 3.05) is 11.9 Å². The second kappa shape index (κ2) is 7.52. The Morgan fingerprint density at radius 1 is 1.25 bits per heavy atom. The zero-order valence-electron chi connectivity index (χ0n) is 15.0. The lowest BCUT2D eigenvalue weighted by Crippen LogP contribution is -2.48. The van der Waals surface area contributed by atoms with Gasteiger partial charge in [0.1, 0.15) is 12.1 Å². The maximum absolute atomic E-state index is 12.7. The van der Waals surface area contributed by atoms with E-state index in [1.807, 2.05) is 18.2 Å². The number of anilines is 1. The summed E-state index contributed by atoms with van der Waals surface area (Å²) < 4.78 is 0. The lowest BCUT2D eigenvalue weighted by Gasteiger charge is -2.30. The van der Waals surface area contributed by atoms with Gasteiger partial charge in [-0.1, -0.05) is 49.1 Å². The van der Waals surface area contributed by atoms with Crippen LogP contribution in [0.15, 0.2) is 29.6 Å². The lowest BCUT2D eigenvalue weighted by molar-refractivity contribution is -0.134.